The van der Waals surface area contributed by atoms with Crippen molar-refractivity contribution in [2.75, 3.05) is 0 Å². The summed E-state index contributed by atoms with van der Waals surface area (Å²) in [4.78, 5) is 3.73. The third-order valence-electron chi connectivity index (χ3n) is 6.22. The second-order valence-corrected chi connectivity index (χ2v) is 10.3. The molecule has 110 valence electrons. The highest BCUT2D eigenvalue weighted by Gasteiger charge is 2.58. The predicted octanol–water partition coefficient (Wildman–Crippen LogP) is 6.35. The second kappa shape index (κ2) is 4.59. The van der Waals surface area contributed by atoms with E-state index in [1.165, 1.54) is 44.9 Å². The predicted molar refractivity (Wildman–Crippen MR) is 90.6 cm³/mol. The molecule has 4 fully saturated rings. The number of rotatable bonds is 3. The van der Waals surface area contributed by atoms with Gasteiger partial charge in [-0.25, -0.2) is 0 Å². The molecule has 0 aromatic carbocycles. The second-order valence-electron chi connectivity index (χ2n) is 8.15. The highest BCUT2D eigenvalue weighted by Crippen LogP contribution is 2.70. The van der Waals surface area contributed by atoms with Crippen molar-refractivity contribution in [2.45, 2.75) is 63.6 Å². The Labute approximate surface area is 135 Å². The molecular weight excluding hydrogens is 328 g/mol. The van der Waals surface area contributed by atoms with Crippen molar-refractivity contribution in [1.29, 1.82) is 0 Å². The monoisotopic (exact) mass is 352 g/mol. The first-order valence-electron chi connectivity index (χ1n) is 8.25. The van der Waals surface area contributed by atoms with Crippen LogP contribution in [0.2, 0.25) is 0 Å². The lowest BCUT2D eigenvalue weighted by Crippen LogP contribution is -2.52. The zero-order chi connectivity index (χ0) is 14.0. The molecule has 0 N–H and O–H groups in total. The molecule has 1 heterocycles. The maximum Gasteiger partial charge on any atom is 0.0545 e. The molecule has 0 saturated heterocycles. The zero-order valence-corrected chi connectivity index (χ0v) is 15.0. The van der Waals surface area contributed by atoms with Gasteiger partial charge in [-0.2, -0.15) is 0 Å². The Morgan fingerprint density at radius 3 is 2.50 bits per heavy atom. The van der Waals surface area contributed by atoms with Gasteiger partial charge in [0.25, 0.3) is 0 Å². The summed E-state index contributed by atoms with van der Waals surface area (Å²) in [6, 6.07) is 4.74. The molecule has 0 radical (unpaired) electrons. The largest absolute Gasteiger partial charge is 0.144 e. The quantitative estimate of drug-likeness (QED) is 0.555. The summed E-state index contributed by atoms with van der Waals surface area (Å²) >= 11 is 6.19. The molecule has 1 aromatic rings. The normalized spacial score (nSPS) is 44.0. The molecule has 0 nitrogen and oxygen atoms in total. The topological polar surface area (TPSA) is 0 Å². The lowest BCUT2D eigenvalue weighted by atomic mass is 9.44. The number of alkyl halides is 1. The third kappa shape index (κ3) is 2.05. The molecule has 5 rings (SSSR count). The molecule has 1 aromatic heterocycles. The molecular formula is C18H25BrS. The van der Waals surface area contributed by atoms with Crippen LogP contribution in [0.15, 0.2) is 12.1 Å². The van der Waals surface area contributed by atoms with Crippen molar-refractivity contribution in [3.63, 3.8) is 0 Å². The van der Waals surface area contributed by atoms with Crippen molar-refractivity contribution in [3.05, 3.63) is 21.9 Å². The minimum Gasteiger partial charge on any atom is -0.144 e. The van der Waals surface area contributed by atoms with Gasteiger partial charge in [-0.3, -0.25) is 0 Å². The molecule has 4 bridgehead atoms. The van der Waals surface area contributed by atoms with E-state index in [0.29, 0.717) is 15.7 Å². The van der Waals surface area contributed by atoms with E-state index >= 15 is 0 Å². The van der Waals surface area contributed by atoms with E-state index in [2.05, 4.69) is 41.9 Å². The SMILES string of the molecule is CCc1ccc(C(Br)C23CC4CC(CC(C)(C4)C2)C3)s1. The summed E-state index contributed by atoms with van der Waals surface area (Å²) in [5, 5.41) is 0. The van der Waals surface area contributed by atoms with Gasteiger partial charge in [0.1, 0.15) is 0 Å². The van der Waals surface area contributed by atoms with Crippen molar-refractivity contribution in [1.82, 2.24) is 0 Å². The molecule has 4 aliphatic rings. The van der Waals surface area contributed by atoms with Crippen molar-refractivity contribution >= 4 is 27.3 Å². The van der Waals surface area contributed by atoms with Crippen LogP contribution < -0.4 is 0 Å². The maximum absolute atomic E-state index is 4.15. The molecule has 0 amide bonds. The summed E-state index contributed by atoms with van der Waals surface area (Å²) in [7, 11) is 0. The Morgan fingerprint density at radius 1 is 1.25 bits per heavy atom. The van der Waals surface area contributed by atoms with Crippen molar-refractivity contribution in [2.24, 2.45) is 22.7 Å². The van der Waals surface area contributed by atoms with Gasteiger partial charge < -0.3 is 0 Å². The summed E-state index contributed by atoms with van der Waals surface area (Å²) in [5.74, 6) is 2.04. The Balaban J connectivity index is 1.66. The fraction of sp³-hybridized carbons (Fsp3) is 0.778. The number of hydrogen-bond acceptors (Lipinski definition) is 1. The molecule has 0 spiro atoms. The number of halogens is 1. The first-order valence-corrected chi connectivity index (χ1v) is 9.98. The van der Waals surface area contributed by atoms with Crippen LogP contribution in [-0.4, -0.2) is 0 Å². The van der Waals surface area contributed by atoms with Gasteiger partial charge in [-0.1, -0.05) is 29.8 Å². The first-order chi connectivity index (χ1) is 9.52. The van der Waals surface area contributed by atoms with Crippen LogP contribution >= 0.6 is 27.3 Å². The van der Waals surface area contributed by atoms with Crippen LogP contribution in [0, 0.1) is 22.7 Å². The summed E-state index contributed by atoms with van der Waals surface area (Å²) in [5.41, 5.74) is 1.22. The van der Waals surface area contributed by atoms with Gasteiger partial charge in [0.2, 0.25) is 0 Å². The molecule has 20 heavy (non-hydrogen) atoms. The lowest BCUT2D eigenvalue weighted by Gasteiger charge is -2.62. The van der Waals surface area contributed by atoms with Crippen molar-refractivity contribution < 1.29 is 0 Å². The fourth-order valence-electron chi connectivity index (χ4n) is 6.12. The van der Waals surface area contributed by atoms with Gasteiger partial charge in [0.15, 0.2) is 0 Å². The lowest BCUT2D eigenvalue weighted by molar-refractivity contribution is -0.101. The fourth-order valence-corrected chi connectivity index (χ4v) is 8.16. The molecule has 3 atom stereocenters. The molecule has 0 aliphatic heterocycles. The van der Waals surface area contributed by atoms with E-state index < -0.39 is 0 Å². The molecule has 4 saturated carbocycles. The summed E-state index contributed by atoms with van der Waals surface area (Å²) in [6.07, 6.45) is 10.2. The number of aryl methyl sites for hydroxylation is 1. The Hall–Kier alpha value is 0.180. The van der Waals surface area contributed by atoms with Crippen LogP contribution in [0.25, 0.3) is 0 Å². The number of hydrogen-bond donors (Lipinski definition) is 0. The summed E-state index contributed by atoms with van der Waals surface area (Å²) in [6.45, 7) is 4.84. The minimum absolute atomic E-state index is 0.564. The van der Waals surface area contributed by atoms with Crippen LogP contribution in [0.1, 0.15) is 67.0 Å². The van der Waals surface area contributed by atoms with Crippen LogP contribution in [0.5, 0.6) is 0 Å². The van der Waals surface area contributed by atoms with E-state index in [1.807, 2.05) is 11.3 Å². The van der Waals surface area contributed by atoms with Crippen molar-refractivity contribution in [3.8, 4) is 0 Å². The molecule has 4 aliphatic carbocycles. The van der Waals surface area contributed by atoms with Gasteiger partial charge in [0.05, 0.1) is 4.83 Å². The van der Waals surface area contributed by atoms with Gasteiger partial charge >= 0.3 is 0 Å². The highest BCUT2D eigenvalue weighted by atomic mass is 79.9. The standard InChI is InChI=1S/C18H25BrS/c1-3-14-4-5-15(20-14)16(19)18-9-12-6-13(10-18)8-17(2,7-12)11-18/h4-5,12-13,16H,3,6-11H2,1-2H3. The van der Waals surface area contributed by atoms with E-state index in [1.54, 1.807) is 9.75 Å². The molecule has 2 heteroatoms. The average Bonchev–Trinajstić information content (AvgIpc) is 2.83. The van der Waals surface area contributed by atoms with Crippen LogP contribution in [0.4, 0.5) is 0 Å². The third-order valence-corrected chi connectivity index (χ3v) is 9.28. The Kier molecular flexibility index (Phi) is 3.17. The summed E-state index contributed by atoms with van der Waals surface area (Å²) < 4.78 is 0. The number of thiophene rings is 1. The highest BCUT2D eigenvalue weighted by molar-refractivity contribution is 9.09. The Bertz CT molecular complexity index is 503. The van der Waals surface area contributed by atoms with Gasteiger partial charge in [-0.15, -0.1) is 11.3 Å². The van der Waals surface area contributed by atoms with Gasteiger partial charge in [-0.05, 0) is 79.7 Å². The Morgan fingerprint density at radius 2 is 1.95 bits per heavy atom. The van der Waals surface area contributed by atoms with Gasteiger partial charge in [0, 0.05) is 9.75 Å². The smallest absolute Gasteiger partial charge is 0.0545 e. The minimum atomic E-state index is 0.564. The van der Waals surface area contributed by atoms with Crippen LogP contribution in [0.3, 0.4) is 0 Å². The first kappa shape index (κ1) is 13.8. The maximum atomic E-state index is 4.15. The van der Waals surface area contributed by atoms with E-state index in [0.717, 1.165) is 11.8 Å². The molecule has 3 unspecified atom stereocenters. The van der Waals surface area contributed by atoms with E-state index in [4.69, 9.17) is 0 Å². The average molecular weight is 353 g/mol. The zero-order valence-electron chi connectivity index (χ0n) is 12.6. The van der Waals surface area contributed by atoms with E-state index in [-0.39, 0.29) is 0 Å². The van der Waals surface area contributed by atoms with E-state index in [9.17, 15) is 0 Å². The van der Waals surface area contributed by atoms with Crippen LogP contribution in [-0.2, 0) is 6.42 Å².